The molecule has 3 N–H and O–H groups in total. The van der Waals surface area contributed by atoms with Crippen LogP contribution in [0.1, 0.15) is 0 Å². The molecule has 2 aromatic carbocycles. The quantitative estimate of drug-likeness (QED) is 0.600. The third kappa shape index (κ3) is 2.71. The number of methoxy groups -OCH3 is 1. The van der Waals surface area contributed by atoms with Gasteiger partial charge in [0.05, 0.1) is 18.6 Å². The van der Waals surface area contributed by atoms with Crippen LogP contribution in [-0.4, -0.2) is 22.4 Å². The number of aromatic hydroxyl groups is 3. The first-order chi connectivity index (χ1) is 10.1. The van der Waals surface area contributed by atoms with Gasteiger partial charge in [-0.15, -0.1) is 0 Å². The van der Waals surface area contributed by atoms with Crippen molar-refractivity contribution in [2.45, 2.75) is 0 Å². The maximum absolute atomic E-state index is 9.97. The van der Waals surface area contributed by atoms with Crippen molar-refractivity contribution in [2.75, 3.05) is 7.11 Å². The van der Waals surface area contributed by atoms with Gasteiger partial charge in [-0.05, 0) is 24.3 Å². The summed E-state index contributed by atoms with van der Waals surface area (Å²) in [4.78, 5) is 0. The Morgan fingerprint density at radius 1 is 0.909 bits per heavy atom. The Balaban J connectivity index is 0.00000176. The second-order valence-corrected chi connectivity index (χ2v) is 4.57. The number of hydrogen-bond acceptors (Lipinski definition) is 4. The molecule has 3 aromatic rings. The number of fused-ring (bicyclic) bond motifs is 1. The van der Waals surface area contributed by atoms with Crippen LogP contribution in [-0.2, 0) is 0 Å². The standard InChI is InChI=1S/C16H12O5.ClH/c1-20-15-6-9-2-3-11(18)8-14(9)21-16(15)12-5-4-10(17)7-13(12)19;/h2-8H,1H3,(H2-,17,18,19);1H. The molecule has 5 nitrogen and oxygen atoms in total. The van der Waals surface area contributed by atoms with Crippen LogP contribution in [0.4, 0.5) is 0 Å². The van der Waals surface area contributed by atoms with Crippen molar-refractivity contribution in [1.82, 2.24) is 0 Å². The third-order valence-electron chi connectivity index (χ3n) is 3.17. The van der Waals surface area contributed by atoms with Gasteiger partial charge in [0, 0.05) is 12.1 Å². The highest BCUT2D eigenvalue weighted by atomic mass is 35.5. The van der Waals surface area contributed by atoms with E-state index in [1.54, 1.807) is 18.2 Å². The van der Waals surface area contributed by atoms with Gasteiger partial charge in [-0.3, -0.25) is 0 Å². The molecule has 0 unspecified atom stereocenters. The molecule has 114 valence electrons. The monoisotopic (exact) mass is 320 g/mol. The van der Waals surface area contributed by atoms with Crippen molar-refractivity contribution >= 4 is 11.0 Å². The SMILES string of the molecule is COc1cc2ccc(O)cc2[o+]c1-c1ccc(O)cc1O.[Cl-]. The van der Waals surface area contributed by atoms with Gasteiger partial charge in [0.25, 0.3) is 0 Å². The molecule has 0 aliphatic carbocycles. The second-order valence-electron chi connectivity index (χ2n) is 4.57. The normalized spacial score (nSPS) is 10.2. The van der Waals surface area contributed by atoms with Crippen molar-refractivity contribution in [2.24, 2.45) is 0 Å². The summed E-state index contributed by atoms with van der Waals surface area (Å²) < 4.78 is 11.0. The van der Waals surface area contributed by atoms with Crippen LogP contribution in [0.2, 0.25) is 0 Å². The minimum Gasteiger partial charge on any atom is -1.00 e. The second kappa shape index (κ2) is 5.99. The van der Waals surface area contributed by atoms with E-state index in [1.165, 1.54) is 31.4 Å². The highest BCUT2D eigenvalue weighted by Crippen LogP contribution is 2.40. The van der Waals surface area contributed by atoms with Crippen LogP contribution in [0.25, 0.3) is 22.3 Å². The number of halogens is 1. The summed E-state index contributed by atoms with van der Waals surface area (Å²) in [5.41, 5.74) is 0.841. The summed E-state index contributed by atoms with van der Waals surface area (Å²) in [6.07, 6.45) is 0. The minimum atomic E-state index is -0.128. The largest absolute Gasteiger partial charge is 1.00 e. The fraction of sp³-hybridized carbons (Fsp3) is 0.0625. The van der Waals surface area contributed by atoms with E-state index >= 15 is 0 Å². The lowest BCUT2D eigenvalue weighted by molar-refractivity contribution is -0.00000810. The van der Waals surface area contributed by atoms with Gasteiger partial charge in [0.1, 0.15) is 22.8 Å². The zero-order chi connectivity index (χ0) is 15.0. The third-order valence-corrected chi connectivity index (χ3v) is 3.17. The average Bonchev–Trinajstić information content (AvgIpc) is 2.46. The van der Waals surface area contributed by atoms with Gasteiger partial charge in [-0.2, -0.15) is 0 Å². The molecule has 0 amide bonds. The van der Waals surface area contributed by atoms with Crippen molar-refractivity contribution < 1.29 is 36.9 Å². The fourth-order valence-electron chi connectivity index (χ4n) is 2.15. The molecular formula is C16H13ClO5. The zero-order valence-corrected chi connectivity index (χ0v) is 12.3. The molecule has 0 radical (unpaired) electrons. The Hall–Kier alpha value is -2.66. The Kier molecular flexibility index (Phi) is 4.28. The molecular weight excluding hydrogens is 308 g/mol. The Labute approximate surface area is 132 Å². The topological polar surface area (TPSA) is 81.2 Å². The fourth-order valence-corrected chi connectivity index (χ4v) is 2.15. The van der Waals surface area contributed by atoms with E-state index in [1.807, 2.05) is 0 Å². The van der Waals surface area contributed by atoms with Crippen LogP contribution in [0.5, 0.6) is 23.0 Å². The van der Waals surface area contributed by atoms with Crippen LogP contribution in [0.3, 0.4) is 0 Å². The van der Waals surface area contributed by atoms with Crippen molar-refractivity contribution in [1.29, 1.82) is 0 Å². The van der Waals surface area contributed by atoms with Gasteiger partial charge in [-0.25, -0.2) is 4.42 Å². The summed E-state index contributed by atoms with van der Waals surface area (Å²) in [6, 6.07) is 10.7. The van der Waals surface area contributed by atoms with Crippen molar-refractivity contribution in [3.05, 3.63) is 42.5 Å². The number of phenols is 3. The predicted octanol–water partition coefficient (Wildman–Crippen LogP) is 0.510. The summed E-state index contributed by atoms with van der Waals surface area (Å²) in [6.45, 7) is 0. The van der Waals surface area contributed by atoms with E-state index in [0.29, 0.717) is 22.7 Å². The lowest BCUT2D eigenvalue weighted by Crippen LogP contribution is -3.00. The molecule has 0 bridgehead atoms. The zero-order valence-electron chi connectivity index (χ0n) is 11.6. The lowest BCUT2D eigenvalue weighted by Gasteiger charge is -2.03. The minimum absolute atomic E-state index is 0. The number of rotatable bonds is 2. The Morgan fingerprint density at radius 2 is 1.59 bits per heavy atom. The van der Waals surface area contributed by atoms with Gasteiger partial charge in [0.15, 0.2) is 0 Å². The van der Waals surface area contributed by atoms with Crippen molar-refractivity contribution in [3.63, 3.8) is 0 Å². The molecule has 0 aliphatic heterocycles. The van der Waals surface area contributed by atoms with Gasteiger partial charge >= 0.3 is 11.3 Å². The molecule has 1 heterocycles. The van der Waals surface area contributed by atoms with E-state index < -0.39 is 0 Å². The van der Waals surface area contributed by atoms with Gasteiger partial charge < -0.3 is 32.5 Å². The van der Waals surface area contributed by atoms with Crippen LogP contribution < -0.4 is 17.1 Å². The lowest BCUT2D eigenvalue weighted by atomic mass is 10.1. The van der Waals surface area contributed by atoms with E-state index in [2.05, 4.69) is 0 Å². The first-order valence-corrected chi connectivity index (χ1v) is 6.24. The molecule has 3 rings (SSSR count). The molecule has 0 saturated heterocycles. The maximum Gasteiger partial charge on any atom is 0.405 e. The van der Waals surface area contributed by atoms with E-state index in [-0.39, 0.29) is 29.7 Å². The average molecular weight is 321 g/mol. The first kappa shape index (κ1) is 15.7. The summed E-state index contributed by atoms with van der Waals surface area (Å²) >= 11 is 0. The van der Waals surface area contributed by atoms with Crippen LogP contribution in [0, 0.1) is 0 Å². The number of benzene rings is 2. The molecule has 0 saturated carbocycles. The molecule has 0 atom stereocenters. The molecule has 0 spiro atoms. The van der Waals surface area contributed by atoms with Crippen LogP contribution >= 0.6 is 0 Å². The highest BCUT2D eigenvalue weighted by Gasteiger charge is 2.25. The summed E-state index contributed by atoms with van der Waals surface area (Å²) in [5.74, 6) is 0.657. The predicted molar refractivity (Wildman–Crippen MR) is 77.6 cm³/mol. The number of phenolic OH excluding ortho intramolecular Hbond substituents is 3. The Morgan fingerprint density at radius 3 is 2.27 bits per heavy atom. The number of hydrogen-bond donors (Lipinski definition) is 3. The number of ether oxygens (including phenoxy) is 1. The molecule has 6 heteroatoms. The van der Waals surface area contributed by atoms with E-state index in [9.17, 15) is 15.3 Å². The Bertz CT molecular complexity index is 832. The van der Waals surface area contributed by atoms with Gasteiger partial charge in [-0.1, -0.05) is 0 Å². The summed E-state index contributed by atoms with van der Waals surface area (Å²) in [7, 11) is 1.50. The van der Waals surface area contributed by atoms with E-state index in [4.69, 9.17) is 9.15 Å². The molecule has 0 aliphatic rings. The van der Waals surface area contributed by atoms with Crippen molar-refractivity contribution in [3.8, 4) is 34.3 Å². The molecule has 1 aromatic heterocycles. The maximum atomic E-state index is 9.97. The first-order valence-electron chi connectivity index (χ1n) is 6.24. The van der Waals surface area contributed by atoms with Crippen LogP contribution in [0.15, 0.2) is 46.9 Å². The highest BCUT2D eigenvalue weighted by molar-refractivity contribution is 5.84. The molecule has 22 heavy (non-hydrogen) atoms. The summed E-state index contributed by atoms with van der Waals surface area (Å²) in [5, 5.41) is 29.6. The van der Waals surface area contributed by atoms with E-state index in [0.717, 1.165) is 5.39 Å². The molecule has 0 fully saturated rings. The smallest absolute Gasteiger partial charge is 0.405 e. The van der Waals surface area contributed by atoms with Gasteiger partial charge in [0.2, 0.25) is 5.75 Å².